The molecule has 0 saturated heterocycles. The Hall–Kier alpha value is -1.09. The van der Waals surface area contributed by atoms with Gasteiger partial charge in [0.1, 0.15) is 0 Å². The van der Waals surface area contributed by atoms with Crippen LogP contribution in [0.1, 0.15) is 51.7 Å². The van der Waals surface area contributed by atoms with Crippen LogP contribution < -0.4 is 5.32 Å². The van der Waals surface area contributed by atoms with E-state index in [4.69, 9.17) is 12.2 Å². The predicted octanol–water partition coefficient (Wildman–Crippen LogP) is 4.90. The van der Waals surface area contributed by atoms with E-state index in [0.29, 0.717) is 12.1 Å². The predicted molar refractivity (Wildman–Crippen MR) is 93.5 cm³/mol. The Morgan fingerprint density at radius 2 is 1.65 bits per heavy atom. The molecule has 1 N–H and O–H groups in total. The maximum atomic E-state index is 5.63. The lowest BCUT2D eigenvalue weighted by Gasteiger charge is -2.36. The summed E-state index contributed by atoms with van der Waals surface area (Å²) >= 11 is 5.63. The summed E-state index contributed by atoms with van der Waals surface area (Å²) in [6.07, 6.45) is 2.19. The minimum Gasteiger partial charge on any atom is -0.344 e. The second kappa shape index (κ2) is 7.63. The molecule has 1 aromatic rings. The molecule has 0 saturated carbocycles. The summed E-state index contributed by atoms with van der Waals surface area (Å²) in [6.45, 7) is 13.1. The Kier molecular flexibility index (Phi) is 6.47. The zero-order valence-corrected chi connectivity index (χ0v) is 14.5. The first-order chi connectivity index (χ1) is 9.40. The van der Waals surface area contributed by atoms with Gasteiger partial charge in [0.15, 0.2) is 5.11 Å². The largest absolute Gasteiger partial charge is 0.344 e. The number of hydrogen-bond donors (Lipinski definition) is 1. The highest BCUT2D eigenvalue weighted by molar-refractivity contribution is 7.80. The van der Waals surface area contributed by atoms with Crippen LogP contribution in [0.25, 0.3) is 0 Å². The molecule has 0 bridgehead atoms. The highest BCUT2D eigenvalue weighted by Gasteiger charge is 2.20. The molecule has 0 spiro atoms. The van der Waals surface area contributed by atoms with Crippen molar-refractivity contribution < 1.29 is 0 Å². The summed E-state index contributed by atoms with van der Waals surface area (Å²) in [5.74, 6) is 0. The van der Waals surface area contributed by atoms with Crippen molar-refractivity contribution in [3.05, 3.63) is 29.3 Å². The number of thiocarbonyl (C=S) groups is 1. The minimum atomic E-state index is 0.455. The quantitative estimate of drug-likeness (QED) is 0.777. The molecule has 1 aromatic carbocycles. The van der Waals surface area contributed by atoms with Gasteiger partial charge in [-0.05, 0) is 76.0 Å². The molecule has 0 amide bonds. The van der Waals surface area contributed by atoms with E-state index >= 15 is 0 Å². The topological polar surface area (TPSA) is 15.3 Å². The van der Waals surface area contributed by atoms with Gasteiger partial charge in [-0.25, -0.2) is 0 Å². The maximum Gasteiger partial charge on any atom is 0.173 e. The first-order valence-corrected chi connectivity index (χ1v) is 7.98. The molecule has 0 fully saturated rings. The summed E-state index contributed by atoms with van der Waals surface area (Å²) in [4.78, 5) is 2.32. The second-order valence-corrected chi connectivity index (χ2v) is 6.04. The third kappa shape index (κ3) is 4.20. The maximum absolute atomic E-state index is 5.63. The van der Waals surface area contributed by atoms with Crippen molar-refractivity contribution >= 4 is 23.0 Å². The van der Waals surface area contributed by atoms with Gasteiger partial charge >= 0.3 is 0 Å². The monoisotopic (exact) mass is 292 g/mol. The molecule has 20 heavy (non-hydrogen) atoms. The Morgan fingerprint density at radius 1 is 1.10 bits per heavy atom. The van der Waals surface area contributed by atoms with Gasteiger partial charge in [0.05, 0.1) is 0 Å². The Balaban J connectivity index is 2.87. The van der Waals surface area contributed by atoms with Gasteiger partial charge < -0.3 is 10.2 Å². The molecule has 1 rings (SSSR count). The highest BCUT2D eigenvalue weighted by atomic mass is 32.1. The van der Waals surface area contributed by atoms with Crippen LogP contribution in [0.2, 0.25) is 0 Å². The zero-order chi connectivity index (χ0) is 15.3. The molecule has 0 radical (unpaired) electrons. The normalized spacial score (nSPS) is 13.7. The van der Waals surface area contributed by atoms with Gasteiger partial charge in [0.25, 0.3) is 0 Å². The molecule has 0 heterocycles. The summed E-state index contributed by atoms with van der Waals surface area (Å²) in [7, 11) is 0. The standard InChI is InChI=1S/C17H28N2S/c1-7-14(5)19(15(6)8-2)17(20)18-16-10-9-12(3)13(4)11-16/h9-11,14-15H,7-8H2,1-6H3,(H,18,20)/t14-,15+. The van der Waals surface area contributed by atoms with Gasteiger partial charge in [-0.2, -0.15) is 0 Å². The lowest BCUT2D eigenvalue weighted by Crippen LogP contribution is -2.46. The molecule has 0 aliphatic carbocycles. The second-order valence-electron chi connectivity index (χ2n) is 5.65. The van der Waals surface area contributed by atoms with Crippen LogP contribution in [-0.4, -0.2) is 22.1 Å². The third-order valence-electron chi connectivity index (χ3n) is 4.12. The Labute approximate surface area is 129 Å². The first-order valence-electron chi connectivity index (χ1n) is 7.57. The lowest BCUT2D eigenvalue weighted by atomic mass is 10.1. The molecule has 0 aromatic heterocycles. The van der Waals surface area contributed by atoms with Crippen LogP contribution in [-0.2, 0) is 0 Å². The van der Waals surface area contributed by atoms with Crippen LogP contribution >= 0.6 is 12.2 Å². The molecule has 0 aliphatic rings. The van der Waals surface area contributed by atoms with E-state index in [0.717, 1.165) is 23.6 Å². The van der Waals surface area contributed by atoms with Crippen molar-refractivity contribution in [1.29, 1.82) is 0 Å². The van der Waals surface area contributed by atoms with Crippen LogP contribution in [0.4, 0.5) is 5.69 Å². The van der Waals surface area contributed by atoms with Crippen LogP contribution in [0, 0.1) is 13.8 Å². The fourth-order valence-electron chi connectivity index (χ4n) is 2.24. The van der Waals surface area contributed by atoms with Gasteiger partial charge in [-0.3, -0.25) is 0 Å². The van der Waals surface area contributed by atoms with E-state index < -0.39 is 0 Å². The number of nitrogens with zero attached hydrogens (tertiary/aromatic N) is 1. The first kappa shape index (κ1) is 17.0. The summed E-state index contributed by atoms with van der Waals surface area (Å²) < 4.78 is 0. The van der Waals surface area contributed by atoms with E-state index in [1.54, 1.807) is 0 Å². The molecular weight excluding hydrogens is 264 g/mol. The van der Waals surface area contributed by atoms with Gasteiger partial charge in [0, 0.05) is 17.8 Å². The van der Waals surface area contributed by atoms with Crippen molar-refractivity contribution in [2.24, 2.45) is 0 Å². The SMILES string of the molecule is CC[C@@H](C)N(C(=S)Nc1ccc(C)c(C)c1)[C@@H](C)CC. The average molecular weight is 292 g/mol. The van der Waals surface area contributed by atoms with E-state index in [2.05, 4.69) is 70.0 Å². The fraction of sp³-hybridized carbons (Fsp3) is 0.588. The van der Waals surface area contributed by atoms with Crippen molar-refractivity contribution in [2.45, 2.75) is 66.5 Å². The Bertz CT molecular complexity index is 446. The lowest BCUT2D eigenvalue weighted by molar-refractivity contribution is 0.254. The molecule has 2 nitrogen and oxygen atoms in total. The number of benzene rings is 1. The minimum absolute atomic E-state index is 0.455. The molecule has 2 atom stereocenters. The molecule has 0 aliphatic heterocycles. The van der Waals surface area contributed by atoms with E-state index in [1.165, 1.54) is 11.1 Å². The van der Waals surface area contributed by atoms with E-state index in [-0.39, 0.29) is 0 Å². The number of aryl methyl sites for hydroxylation is 2. The van der Waals surface area contributed by atoms with E-state index in [1.807, 2.05) is 0 Å². The number of anilines is 1. The molecular formula is C17H28N2S. The van der Waals surface area contributed by atoms with Crippen LogP contribution in [0.3, 0.4) is 0 Å². The summed E-state index contributed by atoms with van der Waals surface area (Å²) in [5.41, 5.74) is 3.67. The number of hydrogen-bond acceptors (Lipinski definition) is 1. The fourth-order valence-corrected chi connectivity index (χ4v) is 2.71. The molecule has 3 heteroatoms. The summed E-state index contributed by atoms with van der Waals surface area (Å²) in [5, 5.41) is 4.23. The van der Waals surface area contributed by atoms with Gasteiger partial charge in [-0.15, -0.1) is 0 Å². The van der Waals surface area contributed by atoms with Crippen molar-refractivity contribution in [2.75, 3.05) is 5.32 Å². The van der Waals surface area contributed by atoms with Crippen molar-refractivity contribution in [3.8, 4) is 0 Å². The van der Waals surface area contributed by atoms with Crippen molar-refractivity contribution in [1.82, 2.24) is 4.90 Å². The Morgan fingerprint density at radius 3 is 2.10 bits per heavy atom. The van der Waals surface area contributed by atoms with Gasteiger partial charge in [0.2, 0.25) is 0 Å². The third-order valence-corrected chi connectivity index (χ3v) is 4.44. The zero-order valence-electron chi connectivity index (χ0n) is 13.7. The molecule has 0 unspecified atom stereocenters. The average Bonchev–Trinajstić information content (AvgIpc) is 2.42. The van der Waals surface area contributed by atoms with Crippen molar-refractivity contribution in [3.63, 3.8) is 0 Å². The number of nitrogens with one attached hydrogen (secondary N) is 1. The number of rotatable bonds is 5. The van der Waals surface area contributed by atoms with Gasteiger partial charge in [-0.1, -0.05) is 19.9 Å². The highest BCUT2D eigenvalue weighted by Crippen LogP contribution is 2.18. The van der Waals surface area contributed by atoms with Crippen LogP contribution in [0.15, 0.2) is 18.2 Å². The van der Waals surface area contributed by atoms with E-state index in [9.17, 15) is 0 Å². The van der Waals surface area contributed by atoms with Crippen LogP contribution in [0.5, 0.6) is 0 Å². The molecule has 112 valence electrons. The summed E-state index contributed by atoms with van der Waals surface area (Å²) in [6, 6.07) is 7.30. The smallest absolute Gasteiger partial charge is 0.173 e.